The molecule has 51 heavy (non-hydrogen) atoms. The summed E-state index contributed by atoms with van der Waals surface area (Å²) in [5, 5.41) is 3.48. The fraction of sp³-hybridized carbons (Fsp3) is 0.568. The maximum absolute atomic E-state index is 13.3. The quantitative estimate of drug-likeness (QED) is 0.255. The van der Waals surface area contributed by atoms with Gasteiger partial charge in [0, 0.05) is 40.0 Å². The molecule has 2 saturated carbocycles. The van der Waals surface area contributed by atoms with Crippen molar-refractivity contribution < 1.29 is 19.1 Å². The summed E-state index contributed by atoms with van der Waals surface area (Å²) < 4.78 is 14.8. The van der Waals surface area contributed by atoms with Gasteiger partial charge in [0.1, 0.15) is 22.7 Å². The number of hydrogen-bond donors (Lipinski definition) is 3. The summed E-state index contributed by atoms with van der Waals surface area (Å²) in [5.41, 5.74) is 5.15. The molecule has 0 aromatic heterocycles. The molecule has 4 spiro atoms. The number of ether oxygens (including phenoxy) is 2. The van der Waals surface area contributed by atoms with Crippen LogP contribution in [0.1, 0.15) is 96.6 Å². The number of benzene rings is 2. The van der Waals surface area contributed by atoms with Crippen molar-refractivity contribution in [2.24, 2.45) is 27.6 Å². The van der Waals surface area contributed by atoms with Crippen LogP contribution >= 0.6 is 67.6 Å². The highest BCUT2D eigenvalue weighted by Crippen LogP contribution is 2.57. The second kappa shape index (κ2) is 15.5. The van der Waals surface area contributed by atoms with Crippen molar-refractivity contribution >= 4 is 90.5 Å². The van der Waals surface area contributed by atoms with E-state index in [1.807, 2.05) is 49.7 Å². The Hall–Kier alpha value is -1.88. The molecule has 2 aliphatic carbocycles. The van der Waals surface area contributed by atoms with Crippen molar-refractivity contribution in [3.05, 3.63) is 56.5 Å². The Balaban J connectivity index is 0.000000217. The molecule has 0 radical (unpaired) electrons. The summed E-state index contributed by atoms with van der Waals surface area (Å²) in [5.74, 6) is 3.02. The first kappa shape index (κ1) is 41.9. The third kappa shape index (κ3) is 7.09. The number of fused-ring (bicyclic) bond motifs is 4. The van der Waals surface area contributed by atoms with E-state index in [1.54, 1.807) is 4.90 Å². The Morgan fingerprint density at radius 2 is 1.39 bits per heavy atom. The van der Waals surface area contributed by atoms with Gasteiger partial charge in [0.05, 0.1) is 0 Å². The number of aliphatic imine (C=N–C) groups is 2. The fourth-order valence-corrected chi connectivity index (χ4v) is 10.3. The smallest absolute Gasteiger partial charge is 0.261 e. The molecule has 2 aromatic rings. The van der Waals surface area contributed by atoms with Crippen LogP contribution in [0.15, 0.2) is 55.3 Å². The number of carbonyl (C=O) groups excluding carboxylic acids is 2. The van der Waals surface area contributed by atoms with Gasteiger partial charge in [-0.1, -0.05) is 77.7 Å². The monoisotopic (exact) mass is 960 g/mol. The number of halogens is 3. The Labute approximate surface area is 340 Å². The van der Waals surface area contributed by atoms with Gasteiger partial charge in [0.25, 0.3) is 11.8 Å². The van der Waals surface area contributed by atoms with E-state index in [2.05, 4.69) is 56.0 Å². The van der Waals surface area contributed by atoms with E-state index in [9.17, 15) is 9.59 Å². The van der Waals surface area contributed by atoms with Gasteiger partial charge in [0.2, 0.25) is 0 Å². The lowest BCUT2D eigenvalue weighted by Crippen LogP contribution is -2.50. The molecule has 2 fully saturated rings. The molecule has 2 aromatic carbocycles. The highest BCUT2D eigenvalue weighted by Gasteiger charge is 2.60. The van der Waals surface area contributed by atoms with Crippen LogP contribution in [-0.2, 0) is 20.7 Å². The molecule has 2 amide bonds. The average Bonchev–Trinajstić information content (AvgIpc) is 3.79. The van der Waals surface area contributed by atoms with E-state index in [1.165, 1.54) is 24.6 Å². The zero-order valence-corrected chi connectivity index (χ0v) is 35.3. The van der Waals surface area contributed by atoms with Crippen molar-refractivity contribution in [3.8, 4) is 11.5 Å². The van der Waals surface area contributed by atoms with Gasteiger partial charge in [-0.25, -0.2) is 9.98 Å². The van der Waals surface area contributed by atoms with Crippen LogP contribution < -0.4 is 26.7 Å². The Morgan fingerprint density at radius 3 is 1.80 bits per heavy atom. The van der Waals surface area contributed by atoms with Crippen LogP contribution in [0.5, 0.6) is 11.5 Å². The minimum Gasteiger partial charge on any atom is -0.487 e. The predicted molar refractivity (Wildman–Crippen MR) is 224 cm³/mol. The number of nitrogens with zero attached hydrogens (tertiary/aromatic N) is 3. The van der Waals surface area contributed by atoms with E-state index in [4.69, 9.17) is 20.2 Å². The largest absolute Gasteiger partial charge is 0.487 e. The van der Waals surface area contributed by atoms with Crippen LogP contribution in [0.2, 0.25) is 0 Å². The van der Waals surface area contributed by atoms with Crippen LogP contribution in [0, 0.1) is 11.8 Å². The summed E-state index contributed by atoms with van der Waals surface area (Å²) in [6.07, 6.45) is 11.8. The van der Waals surface area contributed by atoms with E-state index < -0.39 is 11.1 Å². The number of amidine groups is 1. The average molecular weight is 963 g/mol. The Kier molecular flexibility index (Phi) is 12.7. The minimum atomic E-state index is -0.954. The van der Waals surface area contributed by atoms with Gasteiger partial charge in [-0.05, 0) is 93.0 Å². The topological polar surface area (TPSA) is 154 Å². The predicted octanol–water partition coefficient (Wildman–Crippen LogP) is 8.80. The van der Waals surface area contributed by atoms with Gasteiger partial charge in [0.15, 0.2) is 22.2 Å². The number of nitrogens with two attached hydrogens (primary N) is 1. The second-order valence-electron chi connectivity index (χ2n) is 14.4. The number of hydrogen-bond acceptors (Lipinski definition) is 9. The molecule has 14 heteroatoms. The molecule has 0 saturated heterocycles. The first-order valence-corrected chi connectivity index (χ1v) is 19.8. The first-order valence-electron chi connectivity index (χ1n) is 17.0. The second-order valence-corrected chi connectivity index (χ2v) is 17.0. The summed E-state index contributed by atoms with van der Waals surface area (Å²) in [6, 6.07) is 11.8. The fourth-order valence-electron chi connectivity index (χ4n) is 9.02. The standard InChI is InChI=1S/C19H23BrN2O2S.C17H20BrN3O2.CH4.HI.H3N/c1-4-12-7-8-18(10-12)11-19(16(23)22(2)17(21-19)25-3)14-9-13(20)5-6-15(14)24-18;1-2-10-5-6-16(8-10)9-17(14(22)20-15(19)21-17)12-7-11(18)3-4-13(12)23-16;;;/h5-6,9,12H,4,7-8,10-11H2,1-3H3;3-4,7,10H,2,5-6,8-9H2,1H3,(H3,19,20,21,22);1H4;1H;1H3. The SMILES string of the molecule is C.CCC1CCC2(C1)CC1(N=C(N)NC1=O)c1cc(Br)ccc1O2.CCC1CCC2(C1)CC1(N=C(SC)N(C)C1=O)c1cc(Br)ccc1O2.I.N. The maximum Gasteiger partial charge on any atom is 0.261 e. The summed E-state index contributed by atoms with van der Waals surface area (Å²) >= 11 is 8.56. The number of likely N-dealkylation sites (N-methyl/N-ethyl adjacent to an activating group) is 1. The van der Waals surface area contributed by atoms with Gasteiger partial charge < -0.3 is 21.4 Å². The molecule has 6 unspecified atom stereocenters. The number of rotatable bonds is 2. The molecule has 4 heterocycles. The molecule has 6 N–H and O–H groups in total. The van der Waals surface area contributed by atoms with Crippen molar-refractivity contribution in [3.63, 3.8) is 0 Å². The van der Waals surface area contributed by atoms with E-state index in [0.717, 1.165) is 75.3 Å². The van der Waals surface area contributed by atoms with Crippen LogP contribution in [0.3, 0.4) is 0 Å². The van der Waals surface area contributed by atoms with Gasteiger partial charge in [-0.15, -0.1) is 24.0 Å². The lowest BCUT2D eigenvalue weighted by Gasteiger charge is -2.43. The van der Waals surface area contributed by atoms with Gasteiger partial charge in [-0.3, -0.25) is 19.8 Å². The zero-order chi connectivity index (χ0) is 34.1. The third-order valence-corrected chi connectivity index (χ3v) is 13.1. The Bertz CT molecular complexity index is 1750. The van der Waals surface area contributed by atoms with Crippen molar-refractivity contribution in [1.29, 1.82) is 0 Å². The number of carbonyl (C=O) groups is 2. The molecular formula is C37H51Br2IN6O4S. The first-order chi connectivity index (χ1) is 22.9. The normalized spacial score (nSPS) is 32.4. The van der Waals surface area contributed by atoms with Crippen molar-refractivity contribution in [2.75, 3.05) is 13.3 Å². The van der Waals surface area contributed by atoms with Crippen LogP contribution in [-0.4, -0.2) is 52.3 Å². The number of guanidine groups is 1. The summed E-state index contributed by atoms with van der Waals surface area (Å²) in [6.45, 7) is 4.46. The minimum absolute atomic E-state index is 0. The van der Waals surface area contributed by atoms with E-state index in [0.29, 0.717) is 24.7 Å². The number of amides is 2. The lowest BCUT2D eigenvalue weighted by molar-refractivity contribution is -0.134. The highest BCUT2D eigenvalue weighted by atomic mass is 127. The summed E-state index contributed by atoms with van der Waals surface area (Å²) in [4.78, 5) is 37.3. The maximum atomic E-state index is 13.3. The highest BCUT2D eigenvalue weighted by molar-refractivity contribution is 14.0. The summed E-state index contributed by atoms with van der Waals surface area (Å²) in [7, 11) is 1.83. The molecule has 280 valence electrons. The number of thioether (sulfide) groups is 1. The molecule has 8 rings (SSSR count). The van der Waals surface area contributed by atoms with Crippen molar-refractivity contribution in [1.82, 2.24) is 16.4 Å². The lowest BCUT2D eigenvalue weighted by atomic mass is 9.75. The van der Waals surface area contributed by atoms with E-state index in [-0.39, 0.29) is 66.5 Å². The Morgan fingerprint density at radius 1 is 0.902 bits per heavy atom. The molecule has 10 nitrogen and oxygen atoms in total. The van der Waals surface area contributed by atoms with Crippen molar-refractivity contribution in [2.45, 2.75) is 108 Å². The van der Waals surface area contributed by atoms with Gasteiger partial charge in [-0.2, -0.15) is 0 Å². The molecule has 6 atom stereocenters. The molecule has 4 aliphatic heterocycles. The van der Waals surface area contributed by atoms with E-state index >= 15 is 0 Å². The van der Waals surface area contributed by atoms with Crippen LogP contribution in [0.4, 0.5) is 0 Å². The third-order valence-electron chi connectivity index (χ3n) is 11.4. The number of nitrogens with one attached hydrogen (secondary N) is 1. The van der Waals surface area contributed by atoms with Crippen LogP contribution in [0.25, 0.3) is 0 Å². The zero-order valence-electron chi connectivity index (χ0n) is 29.0. The van der Waals surface area contributed by atoms with Gasteiger partial charge >= 0.3 is 0 Å². The molecular weight excluding hydrogens is 911 g/mol. The molecule has 0 bridgehead atoms. The molecule has 6 aliphatic rings.